The minimum absolute atomic E-state index is 0.0232. The quantitative estimate of drug-likeness (QED) is 0.216. The Morgan fingerprint density at radius 3 is 2.80 bits per heavy atom. The van der Waals surface area contributed by atoms with Crippen molar-refractivity contribution in [3.8, 4) is 11.5 Å². The van der Waals surface area contributed by atoms with Crippen molar-refractivity contribution in [2.75, 3.05) is 32.2 Å². The molecule has 1 aromatic rings. The zero-order valence-electron chi connectivity index (χ0n) is 20.5. The standard InChI is InChI=1S/C26H38N2O7/c1-32-22-13-17(16-29)21(15-23(22)33-12-6-8-24(30)31)28-26(35-25-9-3-5-11-34-25)19-14-18(19)20-7-2-4-10-27-20/h13,15-16,18-20,25-28H,2-12,14H2,1H3,(H,30,31). The molecule has 1 aliphatic carbocycles. The van der Waals surface area contributed by atoms with Gasteiger partial charge < -0.3 is 34.7 Å². The van der Waals surface area contributed by atoms with Crippen molar-refractivity contribution in [2.45, 2.75) is 76.3 Å². The third-order valence-corrected chi connectivity index (χ3v) is 7.13. The van der Waals surface area contributed by atoms with E-state index in [1.165, 1.54) is 26.4 Å². The van der Waals surface area contributed by atoms with Crippen molar-refractivity contribution < 1.29 is 33.6 Å². The summed E-state index contributed by atoms with van der Waals surface area (Å²) in [5, 5.41) is 16.0. The molecule has 0 amide bonds. The van der Waals surface area contributed by atoms with Gasteiger partial charge in [-0.3, -0.25) is 9.59 Å². The lowest BCUT2D eigenvalue weighted by atomic mass is 9.99. The van der Waals surface area contributed by atoms with Gasteiger partial charge in [0.25, 0.3) is 0 Å². The molecule has 9 heteroatoms. The Hall–Kier alpha value is -2.36. The third kappa shape index (κ3) is 7.08. The second kappa shape index (κ2) is 12.6. The summed E-state index contributed by atoms with van der Waals surface area (Å²) in [4.78, 5) is 22.7. The fraction of sp³-hybridized carbons (Fsp3) is 0.692. The molecule has 0 aromatic heterocycles. The van der Waals surface area contributed by atoms with Crippen LogP contribution in [0.2, 0.25) is 0 Å². The van der Waals surface area contributed by atoms with Gasteiger partial charge in [0.2, 0.25) is 0 Å². The van der Waals surface area contributed by atoms with Gasteiger partial charge >= 0.3 is 5.97 Å². The van der Waals surface area contributed by atoms with Gasteiger partial charge in [-0.15, -0.1) is 0 Å². The number of carbonyl (C=O) groups excluding carboxylic acids is 1. The molecule has 5 unspecified atom stereocenters. The molecule has 0 spiro atoms. The lowest BCUT2D eigenvalue weighted by Gasteiger charge is -2.31. The fourth-order valence-corrected chi connectivity index (χ4v) is 5.14. The molecule has 3 aliphatic rings. The number of piperidine rings is 1. The Labute approximate surface area is 206 Å². The lowest BCUT2D eigenvalue weighted by Crippen LogP contribution is -2.39. The average Bonchev–Trinajstić information content (AvgIpc) is 3.68. The lowest BCUT2D eigenvalue weighted by molar-refractivity contribution is -0.187. The number of ether oxygens (including phenoxy) is 4. The average molecular weight is 491 g/mol. The first-order valence-corrected chi connectivity index (χ1v) is 12.9. The van der Waals surface area contributed by atoms with E-state index in [-0.39, 0.29) is 25.5 Å². The molecule has 3 N–H and O–H groups in total. The number of hydrogen-bond donors (Lipinski definition) is 3. The monoisotopic (exact) mass is 490 g/mol. The van der Waals surface area contributed by atoms with Crippen LogP contribution in [0.25, 0.3) is 0 Å². The van der Waals surface area contributed by atoms with Gasteiger partial charge in [-0.2, -0.15) is 0 Å². The number of methoxy groups -OCH3 is 1. The van der Waals surface area contributed by atoms with Crippen molar-refractivity contribution in [2.24, 2.45) is 11.8 Å². The highest BCUT2D eigenvalue weighted by Crippen LogP contribution is 2.47. The Balaban J connectivity index is 1.50. The maximum Gasteiger partial charge on any atom is 0.303 e. The number of rotatable bonds is 13. The number of benzene rings is 1. The Kier molecular flexibility index (Phi) is 9.23. The number of aldehydes is 1. The van der Waals surface area contributed by atoms with Gasteiger partial charge in [-0.05, 0) is 63.5 Å². The Bertz CT molecular complexity index is 852. The van der Waals surface area contributed by atoms with E-state index in [9.17, 15) is 9.59 Å². The highest BCUT2D eigenvalue weighted by Gasteiger charge is 2.49. The van der Waals surface area contributed by atoms with E-state index in [0.29, 0.717) is 53.7 Å². The summed E-state index contributed by atoms with van der Waals surface area (Å²) < 4.78 is 23.6. The van der Waals surface area contributed by atoms with E-state index in [4.69, 9.17) is 24.1 Å². The van der Waals surface area contributed by atoms with E-state index in [2.05, 4.69) is 10.6 Å². The van der Waals surface area contributed by atoms with E-state index in [1.54, 1.807) is 12.1 Å². The van der Waals surface area contributed by atoms with E-state index < -0.39 is 5.97 Å². The van der Waals surface area contributed by atoms with E-state index >= 15 is 0 Å². The number of anilines is 1. The van der Waals surface area contributed by atoms with Crippen molar-refractivity contribution in [1.29, 1.82) is 0 Å². The molecule has 3 fully saturated rings. The summed E-state index contributed by atoms with van der Waals surface area (Å²) in [5.41, 5.74) is 1.06. The molecule has 2 aliphatic heterocycles. The van der Waals surface area contributed by atoms with Gasteiger partial charge in [-0.1, -0.05) is 6.42 Å². The van der Waals surface area contributed by atoms with Crippen LogP contribution in [0.5, 0.6) is 11.5 Å². The largest absolute Gasteiger partial charge is 0.493 e. The first-order chi connectivity index (χ1) is 17.1. The van der Waals surface area contributed by atoms with Crippen molar-refractivity contribution >= 4 is 17.9 Å². The molecule has 9 nitrogen and oxygen atoms in total. The van der Waals surface area contributed by atoms with Gasteiger partial charge in [0.1, 0.15) is 6.23 Å². The summed E-state index contributed by atoms with van der Waals surface area (Å²) in [5.74, 6) is 0.867. The van der Waals surface area contributed by atoms with Crippen LogP contribution in [0.15, 0.2) is 12.1 Å². The molecule has 0 bridgehead atoms. The zero-order chi connectivity index (χ0) is 24.6. The maximum atomic E-state index is 11.9. The maximum absolute atomic E-state index is 11.9. The minimum atomic E-state index is -0.865. The number of carboxylic acid groups (broad SMARTS) is 1. The Morgan fingerprint density at radius 2 is 2.11 bits per heavy atom. The van der Waals surface area contributed by atoms with Crippen LogP contribution < -0.4 is 20.1 Å². The number of carbonyl (C=O) groups is 2. The van der Waals surface area contributed by atoms with Crippen LogP contribution in [0.3, 0.4) is 0 Å². The molecule has 4 rings (SSSR count). The van der Waals surface area contributed by atoms with Crippen molar-refractivity contribution in [3.05, 3.63) is 17.7 Å². The molecule has 0 radical (unpaired) electrons. The van der Waals surface area contributed by atoms with Crippen LogP contribution in [0.4, 0.5) is 5.69 Å². The first kappa shape index (κ1) is 25.7. The molecule has 194 valence electrons. The number of aliphatic carboxylic acids is 1. The molecule has 35 heavy (non-hydrogen) atoms. The normalized spacial score (nSPS) is 27.0. The number of hydrogen-bond acceptors (Lipinski definition) is 8. The van der Waals surface area contributed by atoms with Crippen molar-refractivity contribution in [1.82, 2.24) is 5.32 Å². The molecule has 2 saturated heterocycles. The van der Waals surface area contributed by atoms with Gasteiger partial charge in [0.05, 0.1) is 19.4 Å². The van der Waals surface area contributed by atoms with Crippen LogP contribution >= 0.6 is 0 Å². The van der Waals surface area contributed by atoms with Crippen LogP contribution in [-0.2, 0) is 14.3 Å². The predicted molar refractivity (Wildman–Crippen MR) is 130 cm³/mol. The van der Waals surface area contributed by atoms with Crippen LogP contribution in [-0.4, -0.2) is 62.8 Å². The minimum Gasteiger partial charge on any atom is -0.493 e. The highest BCUT2D eigenvalue weighted by atomic mass is 16.7. The third-order valence-electron chi connectivity index (χ3n) is 7.13. The summed E-state index contributed by atoms with van der Waals surface area (Å²) in [6.07, 6.45) is 8.35. The molecular weight excluding hydrogens is 452 g/mol. The summed E-state index contributed by atoms with van der Waals surface area (Å²) in [6, 6.07) is 3.89. The van der Waals surface area contributed by atoms with Gasteiger partial charge in [0, 0.05) is 36.6 Å². The SMILES string of the molecule is COc1cc(C=O)c(NC(OC2CCCCO2)C2CC2C2CCCCN2)cc1OCCCC(=O)O. The summed E-state index contributed by atoms with van der Waals surface area (Å²) in [7, 11) is 1.51. The number of carboxylic acids is 1. The summed E-state index contributed by atoms with van der Waals surface area (Å²) >= 11 is 0. The second-order valence-electron chi connectivity index (χ2n) is 9.67. The van der Waals surface area contributed by atoms with Gasteiger partial charge in [0.15, 0.2) is 24.1 Å². The van der Waals surface area contributed by atoms with Crippen molar-refractivity contribution in [3.63, 3.8) is 0 Å². The molecule has 1 aromatic carbocycles. The topological polar surface area (TPSA) is 115 Å². The molecule has 1 saturated carbocycles. The number of nitrogens with one attached hydrogen (secondary N) is 2. The van der Waals surface area contributed by atoms with E-state index in [1.807, 2.05) is 0 Å². The predicted octanol–water partition coefficient (Wildman–Crippen LogP) is 3.81. The highest BCUT2D eigenvalue weighted by molar-refractivity contribution is 5.86. The van der Waals surface area contributed by atoms with Gasteiger partial charge in [-0.25, -0.2) is 0 Å². The molecule has 2 heterocycles. The fourth-order valence-electron chi connectivity index (χ4n) is 5.14. The zero-order valence-corrected chi connectivity index (χ0v) is 20.5. The van der Waals surface area contributed by atoms with Crippen LogP contribution in [0, 0.1) is 11.8 Å². The van der Waals surface area contributed by atoms with E-state index in [0.717, 1.165) is 38.5 Å². The molecule has 5 atom stereocenters. The molecular formula is C26H38N2O7. The smallest absolute Gasteiger partial charge is 0.303 e. The Morgan fingerprint density at radius 1 is 1.26 bits per heavy atom. The van der Waals surface area contributed by atoms with Crippen LogP contribution in [0.1, 0.15) is 68.1 Å². The summed E-state index contributed by atoms with van der Waals surface area (Å²) in [6.45, 7) is 2.00. The second-order valence-corrected chi connectivity index (χ2v) is 9.67. The first-order valence-electron chi connectivity index (χ1n) is 12.9.